The maximum Gasteiger partial charge on any atom is 0.191 e. The lowest BCUT2D eigenvalue weighted by molar-refractivity contribution is 0.354. The molecule has 25 heavy (non-hydrogen) atoms. The highest BCUT2D eigenvalue weighted by molar-refractivity contribution is 14.0. The molecule has 0 bridgehead atoms. The Kier molecular flexibility index (Phi) is 9.11. The SMILES string of the molecule is CN=C(NCCc1ccc(OC)c(OC)c1)NCc1cnn(C)c1.I. The molecule has 0 saturated carbocycles. The van der Waals surface area contributed by atoms with Crippen molar-refractivity contribution in [2.24, 2.45) is 12.0 Å². The second-order valence-electron chi connectivity index (χ2n) is 5.31. The molecule has 2 N–H and O–H groups in total. The first-order valence-electron chi connectivity index (χ1n) is 7.79. The molecule has 0 amide bonds. The van der Waals surface area contributed by atoms with Crippen LogP contribution in [0.4, 0.5) is 0 Å². The molecule has 0 saturated heterocycles. The summed E-state index contributed by atoms with van der Waals surface area (Å²) in [5, 5.41) is 10.7. The van der Waals surface area contributed by atoms with Gasteiger partial charge in [-0.05, 0) is 24.1 Å². The highest BCUT2D eigenvalue weighted by Crippen LogP contribution is 2.27. The molecule has 0 spiro atoms. The molecule has 1 aromatic carbocycles. The average molecular weight is 459 g/mol. The van der Waals surface area contributed by atoms with Gasteiger partial charge in [0.25, 0.3) is 0 Å². The molecule has 0 radical (unpaired) electrons. The van der Waals surface area contributed by atoms with E-state index in [1.54, 1.807) is 25.9 Å². The molecular formula is C17H26IN5O2. The van der Waals surface area contributed by atoms with Crippen LogP contribution in [-0.2, 0) is 20.0 Å². The van der Waals surface area contributed by atoms with Crippen LogP contribution in [0, 0.1) is 0 Å². The van der Waals surface area contributed by atoms with E-state index >= 15 is 0 Å². The predicted molar refractivity (Wildman–Crippen MR) is 110 cm³/mol. The smallest absolute Gasteiger partial charge is 0.191 e. The number of nitrogens with one attached hydrogen (secondary N) is 2. The monoisotopic (exact) mass is 459 g/mol. The van der Waals surface area contributed by atoms with Gasteiger partial charge in [-0.1, -0.05) is 6.07 Å². The van der Waals surface area contributed by atoms with Gasteiger partial charge < -0.3 is 20.1 Å². The van der Waals surface area contributed by atoms with Gasteiger partial charge in [-0.2, -0.15) is 5.10 Å². The van der Waals surface area contributed by atoms with Crippen molar-refractivity contribution in [2.75, 3.05) is 27.8 Å². The number of aromatic nitrogens is 2. The lowest BCUT2D eigenvalue weighted by Gasteiger charge is -2.12. The fourth-order valence-electron chi connectivity index (χ4n) is 2.33. The number of hydrogen-bond acceptors (Lipinski definition) is 4. The fraction of sp³-hybridized carbons (Fsp3) is 0.412. The van der Waals surface area contributed by atoms with Crippen molar-refractivity contribution in [1.82, 2.24) is 20.4 Å². The molecular weight excluding hydrogens is 433 g/mol. The minimum Gasteiger partial charge on any atom is -0.493 e. The standard InChI is InChI=1S/C17H25N5O2.HI/c1-18-17(20-10-14-11-21-22(2)12-14)19-8-7-13-5-6-15(23-3)16(9-13)24-4;/h5-6,9,11-12H,7-8,10H2,1-4H3,(H2,18,19,20);1H. The van der Waals surface area contributed by atoms with Gasteiger partial charge in [0, 0.05) is 38.9 Å². The van der Waals surface area contributed by atoms with E-state index in [2.05, 4.69) is 20.7 Å². The minimum absolute atomic E-state index is 0. The van der Waals surface area contributed by atoms with E-state index in [1.807, 2.05) is 37.6 Å². The van der Waals surface area contributed by atoms with Crippen molar-refractivity contribution in [2.45, 2.75) is 13.0 Å². The first-order valence-corrected chi connectivity index (χ1v) is 7.79. The molecule has 0 aliphatic rings. The highest BCUT2D eigenvalue weighted by Gasteiger charge is 2.05. The number of hydrogen-bond donors (Lipinski definition) is 2. The van der Waals surface area contributed by atoms with Crippen LogP contribution in [0.25, 0.3) is 0 Å². The number of aryl methyl sites for hydroxylation is 1. The Labute approximate surface area is 165 Å². The molecule has 0 aliphatic carbocycles. The summed E-state index contributed by atoms with van der Waals surface area (Å²) < 4.78 is 12.4. The van der Waals surface area contributed by atoms with Gasteiger partial charge in [0.1, 0.15) is 0 Å². The van der Waals surface area contributed by atoms with Crippen LogP contribution in [0.2, 0.25) is 0 Å². The fourth-order valence-corrected chi connectivity index (χ4v) is 2.33. The highest BCUT2D eigenvalue weighted by atomic mass is 127. The molecule has 0 atom stereocenters. The summed E-state index contributed by atoms with van der Waals surface area (Å²) in [5.74, 6) is 2.25. The van der Waals surface area contributed by atoms with Crippen LogP contribution in [0.3, 0.4) is 0 Å². The molecule has 138 valence electrons. The first kappa shape index (κ1) is 21.1. The van der Waals surface area contributed by atoms with Crippen molar-refractivity contribution in [3.8, 4) is 11.5 Å². The van der Waals surface area contributed by atoms with Crippen molar-refractivity contribution >= 4 is 29.9 Å². The van der Waals surface area contributed by atoms with Crippen molar-refractivity contribution in [3.05, 3.63) is 41.7 Å². The normalized spacial score (nSPS) is 10.8. The summed E-state index contributed by atoms with van der Waals surface area (Å²) in [4.78, 5) is 4.22. The number of guanidine groups is 1. The lowest BCUT2D eigenvalue weighted by atomic mass is 10.1. The Morgan fingerprint density at radius 1 is 1.16 bits per heavy atom. The van der Waals surface area contributed by atoms with Gasteiger partial charge in [-0.15, -0.1) is 24.0 Å². The molecule has 2 aromatic rings. The molecule has 1 heterocycles. The zero-order chi connectivity index (χ0) is 17.4. The largest absolute Gasteiger partial charge is 0.493 e. The summed E-state index contributed by atoms with van der Waals surface area (Å²) in [6.45, 7) is 1.45. The van der Waals surface area contributed by atoms with Crippen LogP contribution in [-0.4, -0.2) is 43.6 Å². The Hall–Kier alpha value is -1.97. The third-order valence-corrected chi connectivity index (χ3v) is 3.60. The van der Waals surface area contributed by atoms with Crippen LogP contribution >= 0.6 is 24.0 Å². The van der Waals surface area contributed by atoms with Gasteiger partial charge in [0.05, 0.1) is 20.4 Å². The molecule has 0 aliphatic heterocycles. The lowest BCUT2D eigenvalue weighted by Crippen LogP contribution is -2.37. The molecule has 7 nitrogen and oxygen atoms in total. The number of methoxy groups -OCH3 is 2. The zero-order valence-electron chi connectivity index (χ0n) is 15.1. The second kappa shape index (κ2) is 10.8. The first-order chi connectivity index (χ1) is 11.7. The summed E-state index contributed by atoms with van der Waals surface area (Å²) in [5.41, 5.74) is 2.28. The maximum absolute atomic E-state index is 5.33. The Balaban J connectivity index is 0.00000312. The summed E-state index contributed by atoms with van der Waals surface area (Å²) >= 11 is 0. The summed E-state index contributed by atoms with van der Waals surface area (Å²) in [6.07, 6.45) is 4.67. The van der Waals surface area contributed by atoms with Crippen molar-refractivity contribution < 1.29 is 9.47 Å². The van der Waals surface area contributed by atoms with E-state index in [0.717, 1.165) is 36.0 Å². The third-order valence-electron chi connectivity index (χ3n) is 3.60. The second-order valence-corrected chi connectivity index (χ2v) is 5.31. The van der Waals surface area contributed by atoms with Gasteiger partial charge in [-0.25, -0.2) is 0 Å². The molecule has 8 heteroatoms. The molecule has 0 unspecified atom stereocenters. The summed E-state index contributed by atoms with van der Waals surface area (Å²) in [7, 11) is 6.94. The predicted octanol–water partition coefficient (Wildman–Crippen LogP) is 1.96. The number of rotatable bonds is 7. The van der Waals surface area contributed by atoms with E-state index in [1.165, 1.54) is 5.56 Å². The number of benzene rings is 1. The van der Waals surface area contributed by atoms with Gasteiger partial charge in [-0.3, -0.25) is 9.67 Å². The van der Waals surface area contributed by atoms with Gasteiger partial charge >= 0.3 is 0 Å². The van der Waals surface area contributed by atoms with Crippen molar-refractivity contribution in [3.63, 3.8) is 0 Å². The minimum atomic E-state index is 0. The van der Waals surface area contributed by atoms with E-state index in [9.17, 15) is 0 Å². The molecule has 1 aromatic heterocycles. The Morgan fingerprint density at radius 2 is 1.92 bits per heavy atom. The van der Waals surface area contributed by atoms with E-state index in [0.29, 0.717) is 6.54 Å². The maximum atomic E-state index is 5.33. The number of ether oxygens (including phenoxy) is 2. The van der Waals surface area contributed by atoms with E-state index < -0.39 is 0 Å². The Bertz CT molecular complexity index is 687. The van der Waals surface area contributed by atoms with Crippen molar-refractivity contribution in [1.29, 1.82) is 0 Å². The van der Waals surface area contributed by atoms with E-state index in [4.69, 9.17) is 9.47 Å². The average Bonchev–Trinajstić information content (AvgIpc) is 3.03. The zero-order valence-corrected chi connectivity index (χ0v) is 17.4. The number of halogens is 1. The molecule has 2 rings (SSSR count). The molecule has 0 fully saturated rings. The van der Waals surface area contributed by atoms with Crippen LogP contribution < -0.4 is 20.1 Å². The Morgan fingerprint density at radius 3 is 2.52 bits per heavy atom. The van der Waals surface area contributed by atoms with Gasteiger partial charge in [0.15, 0.2) is 17.5 Å². The van der Waals surface area contributed by atoms with Crippen LogP contribution in [0.5, 0.6) is 11.5 Å². The number of nitrogens with zero attached hydrogens (tertiary/aromatic N) is 3. The quantitative estimate of drug-likeness (QED) is 0.377. The van der Waals surface area contributed by atoms with Gasteiger partial charge in [0.2, 0.25) is 0 Å². The third kappa shape index (κ3) is 6.45. The topological polar surface area (TPSA) is 72.7 Å². The van der Waals surface area contributed by atoms with Crippen LogP contribution in [0.15, 0.2) is 35.6 Å². The van der Waals surface area contributed by atoms with E-state index in [-0.39, 0.29) is 24.0 Å². The van der Waals surface area contributed by atoms with Crippen LogP contribution in [0.1, 0.15) is 11.1 Å². The summed E-state index contributed by atoms with van der Waals surface area (Å²) in [6, 6.07) is 5.95. The number of aliphatic imine (C=N–C) groups is 1.